The van der Waals surface area contributed by atoms with Crippen LogP contribution in [0.4, 0.5) is 5.82 Å². The number of pyridine rings is 1. The van der Waals surface area contributed by atoms with Crippen LogP contribution in [-0.4, -0.2) is 57.8 Å². The lowest BCUT2D eigenvalue weighted by Crippen LogP contribution is -2.47. The molecule has 7 nitrogen and oxygen atoms in total. The zero-order chi connectivity index (χ0) is 25.1. The largest absolute Gasteiger partial charge is 0.355 e. The minimum Gasteiger partial charge on any atom is -0.355 e. The zero-order valence-corrected chi connectivity index (χ0v) is 21.9. The van der Waals surface area contributed by atoms with Crippen LogP contribution in [0.5, 0.6) is 0 Å². The third-order valence-electron chi connectivity index (χ3n) is 6.43. The number of amides is 1. The average molecular weight is 508 g/mol. The van der Waals surface area contributed by atoms with Gasteiger partial charge in [-0.25, -0.2) is 0 Å². The molecule has 9 heteroatoms. The van der Waals surface area contributed by atoms with Gasteiger partial charge in [0.25, 0.3) is 11.5 Å². The molecule has 1 aromatic carbocycles. The summed E-state index contributed by atoms with van der Waals surface area (Å²) < 4.78 is 2.22. The molecule has 2 aliphatic rings. The van der Waals surface area contributed by atoms with Gasteiger partial charge in [0.05, 0.1) is 11.4 Å². The van der Waals surface area contributed by atoms with E-state index in [4.69, 9.17) is 12.2 Å². The van der Waals surface area contributed by atoms with Gasteiger partial charge >= 0.3 is 0 Å². The molecule has 4 rings (SSSR count). The minimum atomic E-state index is -0.269. The molecule has 2 fully saturated rings. The third-order valence-corrected chi connectivity index (χ3v) is 7.81. The Labute approximate surface area is 215 Å². The Kier molecular flexibility index (Phi) is 7.75. The number of anilines is 1. The number of benzene rings is 1. The highest BCUT2D eigenvalue weighted by Crippen LogP contribution is 2.36. The number of rotatable bonds is 6. The fraction of sp³-hybridized carbons (Fsp3) is 0.385. The molecule has 0 aliphatic carbocycles. The van der Waals surface area contributed by atoms with Crippen molar-refractivity contribution in [3.8, 4) is 6.07 Å². The monoisotopic (exact) mass is 507 g/mol. The van der Waals surface area contributed by atoms with Gasteiger partial charge in [-0.15, -0.1) is 0 Å². The van der Waals surface area contributed by atoms with Crippen LogP contribution < -0.4 is 10.5 Å². The third kappa shape index (κ3) is 5.06. The van der Waals surface area contributed by atoms with Crippen LogP contribution in [0, 0.1) is 18.3 Å². The van der Waals surface area contributed by atoms with Gasteiger partial charge in [-0.05, 0) is 37.6 Å². The Morgan fingerprint density at radius 1 is 1.14 bits per heavy atom. The SMILES string of the molecule is CCCn1c(N2CCN(C)CC2)c(/C=C2\SC(=S)N(Cc3ccccc3)C2=O)c(C)c(C#N)c1=O. The van der Waals surface area contributed by atoms with Gasteiger partial charge in [-0.2, -0.15) is 5.26 Å². The van der Waals surface area contributed by atoms with E-state index < -0.39 is 0 Å². The number of thiocarbonyl (C=S) groups is 1. The van der Waals surface area contributed by atoms with Gasteiger partial charge in [-0.1, -0.05) is 61.2 Å². The highest BCUT2D eigenvalue weighted by molar-refractivity contribution is 8.26. The van der Waals surface area contributed by atoms with Gasteiger partial charge in [0.1, 0.15) is 21.8 Å². The average Bonchev–Trinajstić information content (AvgIpc) is 3.11. The molecule has 182 valence electrons. The van der Waals surface area contributed by atoms with Gasteiger partial charge in [0.15, 0.2) is 0 Å². The normalized spacial score (nSPS) is 17.9. The highest BCUT2D eigenvalue weighted by Gasteiger charge is 2.33. The molecule has 1 amide bonds. The summed E-state index contributed by atoms with van der Waals surface area (Å²) in [6.45, 7) is 8.00. The summed E-state index contributed by atoms with van der Waals surface area (Å²) in [6.07, 6.45) is 2.59. The lowest BCUT2D eigenvalue weighted by atomic mass is 10.0. The summed E-state index contributed by atoms with van der Waals surface area (Å²) in [4.78, 5) is 33.3. The fourth-order valence-corrected chi connectivity index (χ4v) is 5.70. The molecule has 0 bridgehead atoms. The number of carbonyl (C=O) groups is 1. The Balaban J connectivity index is 1.82. The maximum absolute atomic E-state index is 13.4. The second-order valence-corrected chi connectivity index (χ2v) is 10.5. The van der Waals surface area contributed by atoms with Gasteiger partial charge in [0, 0.05) is 38.3 Å². The van der Waals surface area contributed by atoms with Gasteiger partial charge < -0.3 is 9.80 Å². The predicted molar refractivity (Wildman–Crippen MR) is 145 cm³/mol. The van der Waals surface area contributed by atoms with Crippen molar-refractivity contribution in [2.75, 3.05) is 38.1 Å². The van der Waals surface area contributed by atoms with E-state index in [0.717, 1.165) is 49.5 Å². The molecular weight excluding hydrogens is 478 g/mol. The molecule has 0 atom stereocenters. The molecular formula is C26H29N5O2S2. The molecule has 0 N–H and O–H groups in total. The van der Waals surface area contributed by atoms with Crippen LogP contribution in [0.2, 0.25) is 0 Å². The standard InChI is InChI=1S/C26H29N5O2S2/c1-4-10-30-23(29-13-11-28(3)12-14-29)20(18(2)21(16-27)24(30)32)15-22-25(33)31(26(34)35-22)17-19-8-6-5-7-9-19/h5-9,15H,4,10-14,17H2,1-3H3/b22-15-. The van der Waals surface area contributed by atoms with Crippen LogP contribution in [-0.2, 0) is 17.9 Å². The van der Waals surface area contributed by atoms with Gasteiger partial charge in [0.2, 0.25) is 0 Å². The maximum atomic E-state index is 13.4. The highest BCUT2D eigenvalue weighted by atomic mass is 32.2. The first kappa shape index (κ1) is 25.2. The Morgan fingerprint density at radius 3 is 2.46 bits per heavy atom. The molecule has 1 aromatic heterocycles. The molecule has 35 heavy (non-hydrogen) atoms. The van der Waals surface area contributed by atoms with Crippen molar-refractivity contribution >= 4 is 46.1 Å². The number of likely N-dealkylation sites (N-methyl/N-ethyl adjacent to an activating group) is 1. The number of aromatic nitrogens is 1. The van der Waals surface area contributed by atoms with E-state index in [9.17, 15) is 14.9 Å². The lowest BCUT2D eigenvalue weighted by Gasteiger charge is -2.36. The van der Waals surface area contributed by atoms with Crippen molar-refractivity contribution in [1.29, 1.82) is 5.26 Å². The molecule has 0 unspecified atom stereocenters. The number of nitriles is 1. The zero-order valence-electron chi connectivity index (χ0n) is 20.3. The molecule has 0 saturated carbocycles. The van der Waals surface area contributed by atoms with Gasteiger partial charge in [-0.3, -0.25) is 19.1 Å². The van der Waals surface area contributed by atoms with E-state index >= 15 is 0 Å². The summed E-state index contributed by atoms with van der Waals surface area (Å²) in [5, 5.41) is 9.81. The number of hydrogen-bond donors (Lipinski definition) is 0. The quantitative estimate of drug-likeness (QED) is 0.437. The van der Waals surface area contributed by atoms with Crippen LogP contribution in [0.1, 0.15) is 35.6 Å². The molecule has 3 heterocycles. The molecule has 2 aromatic rings. The number of piperazine rings is 1. The van der Waals surface area contributed by atoms with E-state index in [1.807, 2.05) is 43.3 Å². The molecule has 0 spiro atoms. The molecule has 0 radical (unpaired) electrons. The van der Waals surface area contributed by atoms with Crippen LogP contribution in [0.15, 0.2) is 40.0 Å². The number of carbonyl (C=O) groups excluding carboxylic acids is 1. The van der Waals surface area contributed by atoms with E-state index in [-0.39, 0.29) is 17.0 Å². The van der Waals surface area contributed by atoms with Crippen molar-refractivity contribution in [3.05, 3.63) is 67.8 Å². The maximum Gasteiger partial charge on any atom is 0.270 e. The number of hydrogen-bond acceptors (Lipinski definition) is 7. The number of thioether (sulfide) groups is 1. The van der Waals surface area contributed by atoms with Crippen LogP contribution in [0.25, 0.3) is 6.08 Å². The Hall–Kier alpha value is -2.93. The Bertz CT molecular complexity index is 1270. The summed E-state index contributed by atoms with van der Waals surface area (Å²) in [5.41, 5.74) is 2.21. The first-order valence-corrected chi connectivity index (χ1v) is 13.0. The van der Waals surface area contributed by atoms with E-state index in [2.05, 4.69) is 22.9 Å². The summed E-state index contributed by atoms with van der Waals surface area (Å²) in [5.74, 6) is 0.633. The van der Waals surface area contributed by atoms with Crippen LogP contribution in [0.3, 0.4) is 0 Å². The number of nitrogens with zero attached hydrogens (tertiary/aromatic N) is 5. The Morgan fingerprint density at radius 2 is 1.83 bits per heavy atom. The predicted octanol–water partition coefficient (Wildman–Crippen LogP) is 3.59. The van der Waals surface area contributed by atoms with Crippen molar-refractivity contribution in [3.63, 3.8) is 0 Å². The van der Waals surface area contributed by atoms with E-state index in [1.54, 1.807) is 16.4 Å². The van der Waals surface area contributed by atoms with E-state index in [1.165, 1.54) is 11.8 Å². The molecule has 2 aliphatic heterocycles. The minimum absolute atomic E-state index is 0.127. The lowest BCUT2D eigenvalue weighted by molar-refractivity contribution is -0.122. The molecule has 2 saturated heterocycles. The van der Waals surface area contributed by atoms with E-state index in [0.29, 0.717) is 27.9 Å². The first-order chi connectivity index (χ1) is 16.8. The van der Waals surface area contributed by atoms with Crippen molar-refractivity contribution < 1.29 is 4.79 Å². The summed E-state index contributed by atoms with van der Waals surface area (Å²) in [6, 6.07) is 11.9. The second-order valence-electron chi connectivity index (χ2n) is 8.85. The topological polar surface area (TPSA) is 72.6 Å². The summed E-state index contributed by atoms with van der Waals surface area (Å²) >= 11 is 6.82. The van der Waals surface area contributed by atoms with Crippen molar-refractivity contribution in [2.24, 2.45) is 0 Å². The van der Waals surface area contributed by atoms with Crippen LogP contribution >= 0.6 is 24.0 Å². The van der Waals surface area contributed by atoms with Crippen molar-refractivity contribution in [1.82, 2.24) is 14.4 Å². The van der Waals surface area contributed by atoms with Crippen molar-refractivity contribution in [2.45, 2.75) is 33.4 Å². The first-order valence-electron chi connectivity index (χ1n) is 11.8. The fourth-order valence-electron chi connectivity index (χ4n) is 4.47. The smallest absolute Gasteiger partial charge is 0.270 e. The summed E-state index contributed by atoms with van der Waals surface area (Å²) in [7, 11) is 2.08. The second kappa shape index (κ2) is 10.8.